The molecule has 2 aromatic rings. The van der Waals surface area contributed by atoms with Crippen molar-refractivity contribution in [1.29, 1.82) is 0 Å². The average molecular weight is 263 g/mol. The molecule has 0 spiro atoms. The van der Waals surface area contributed by atoms with Crippen LogP contribution in [0, 0.1) is 15.9 Å². The Hall–Kier alpha value is -2.47. The number of halogens is 1. The van der Waals surface area contributed by atoms with Gasteiger partial charge in [-0.25, -0.2) is 4.39 Å². The van der Waals surface area contributed by atoms with Crippen LogP contribution < -0.4 is 4.74 Å². The number of aliphatic hydroxyl groups excluding tert-OH is 1. The lowest BCUT2D eigenvalue weighted by atomic mass is 10.2. The molecule has 0 aliphatic heterocycles. The van der Waals surface area contributed by atoms with E-state index < -0.39 is 10.7 Å². The van der Waals surface area contributed by atoms with E-state index in [2.05, 4.69) is 0 Å². The minimum atomic E-state index is -0.617. The van der Waals surface area contributed by atoms with Gasteiger partial charge in [0.2, 0.25) is 5.75 Å². The molecule has 0 saturated heterocycles. The van der Waals surface area contributed by atoms with Crippen LogP contribution in [0.5, 0.6) is 11.5 Å². The first kappa shape index (κ1) is 13.0. The number of nitro groups is 1. The van der Waals surface area contributed by atoms with Crippen molar-refractivity contribution in [3.63, 3.8) is 0 Å². The summed E-state index contributed by atoms with van der Waals surface area (Å²) in [6.07, 6.45) is 0. The van der Waals surface area contributed by atoms with E-state index in [-0.39, 0.29) is 23.8 Å². The molecule has 0 atom stereocenters. The monoisotopic (exact) mass is 263 g/mol. The quantitative estimate of drug-likeness (QED) is 0.679. The van der Waals surface area contributed by atoms with Gasteiger partial charge in [0.05, 0.1) is 11.5 Å². The third-order valence-corrected chi connectivity index (χ3v) is 2.43. The molecule has 0 aliphatic carbocycles. The molecule has 6 heteroatoms. The van der Waals surface area contributed by atoms with Crippen LogP contribution >= 0.6 is 0 Å². The first-order valence-corrected chi connectivity index (χ1v) is 5.42. The van der Waals surface area contributed by atoms with Crippen molar-refractivity contribution in [2.24, 2.45) is 0 Å². The number of nitro benzene ring substituents is 1. The van der Waals surface area contributed by atoms with Gasteiger partial charge in [0.15, 0.2) is 0 Å². The fourth-order valence-corrected chi connectivity index (χ4v) is 1.55. The zero-order valence-electron chi connectivity index (χ0n) is 9.75. The van der Waals surface area contributed by atoms with E-state index in [4.69, 9.17) is 9.84 Å². The Labute approximate surface area is 108 Å². The van der Waals surface area contributed by atoms with Crippen molar-refractivity contribution >= 4 is 5.69 Å². The molecule has 0 aliphatic rings. The van der Waals surface area contributed by atoms with E-state index in [0.29, 0.717) is 5.56 Å². The fraction of sp³-hybridized carbons (Fsp3) is 0.0769. The van der Waals surface area contributed by atoms with E-state index >= 15 is 0 Å². The topological polar surface area (TPSA) is 72.6 Å². The lowest BCUT2D eigenvalue weighted by molar-refractivity contribution is -0.385. The number of rotatable bonds is 4. The molecule has 0 radical (unpaired) electrons. The van der Waals surface area contributed by atoms with Gasteiger partial charge in [-0.05, 0) is 23.8 Å². The van der Waals surface area contributed by atoms with Crippen LogP contribution in [0.3, 0.4) is 0 Å². The second-order valence-electron chi connectivity index (χ2n) is 3.78. The largest absolute Gasteiger partial charge is 0.450 e. The van der Waals surface area contributed by atoms with Crippen molar-refractivity contribution in [1.82, 2.24) is 0 Å². The van der Waals surface area contributed by atoms with Gasteiger partial charge in [-0.2, -0.15) is 0 Å². The van der Waals surface area contributed by atoms with Crippen molar-refractivity contribution in [3.8, 4) is 11.5 Å². The highest BCUT2D eigenvalue weighted by atomic mass is 19.1. The van der Waals surface area contributed by atoms with Crippen molar-refractivity contribution in [3.05, 3.63) is 64.0 Å². The summed E-state index contributed by atoms with van der Waals surface area (Å²) in [5.41, 5.74) is 0.120. The zero-order valence-corrected chi connectivity index (χ0v) is 9.75. The summed E-state index contributed by atoms with van der Waals surface area (Å²) in [5.74, 6) is -0.334. The Balaban J connectivity index is 2.36. The second-order valence-corrected chi connectivity index (χ2v) is 3.78. The highest BCUT2D eigenvalue weighted by molar-refractivity contribution is 5.50. The van der Waals surface area contributed by atoms with Crippen LogP contribution in [-0.4, -0.2) is 10.0 Å². The molecular weight excluding hydrogens is 253 g/mol. The highest BCUT2D eigenvalue weighted by Gasteiger charge is 2.16. The van der Waals surface area contributed by atoms with E-state index in [1.165, 1.54) is 36.4 Å². The van der Waals surface area contributed by atoms with E-state index in [0.717, 1.165) is 6.07 Å². The molecule has 19 heavy (non-hydrogen) atoms. The minimum absolute atomic E-state index is 0.00667. The maximum Gasteiger partial charge on any atom is 0.311 e. The molecule has 0 heterocycles. The van der Waals surface area contributed by atoms with Gasteiger partial charge in [0, 0.05) is 12.1 Å². The first-order chi connectivity index (χ1) is 9.10. The molecular formula is C13H10FNO4. The lowest BCUT2D eigenvalue weighted by Gasteiger charge is -2.07. The van der Waals surface area contributed by atoms with E-state index in [1.807, 2.05) is 0 Å². The summed E-state index contributed by atoms with van der Waals surface area (Å²) in [6, 6.07) is 9.40. The van der Waals surface area contributed by atoms with Crippen molar-refractivity contribution < 1.29 is 19.2 Å². The van der Waals surface area contributed by atoms with Crippen molar-refractivity contribution in [2.45, 2.75) is 6.61 Å². The molecule has 2 aromatic carbocycles. The summed E-state index contributed by atoms with van der Waals surface area (Å²) < 4.78 is 18.3. The third-order valence-electron chi connectivity index (χ3n) is 2.43. The Morgan fingerprint density at radius 3 is 2.68 bits per heavy atom. The van der Waals surface area contributed by atoms with Gasteiger partial charge in [-0.15, -0.1) is 0 Å². The number of benzene rings is 2. The smallest absolute Gasteiger partial charge is 0.311 e. The number of nitrogens with zero attached hydrogens (tertiary/aromatic N) is 1. The molecule has 2 rings (SSSR count). The van der Waals surface area contributed by atoms with Crippen LogP contribution in [0.2, 0.25) is 0 Å². The molecule has 0 aromatic heterocycles. The SMILES string of the molecule is O=[N+]([O-])c1cc(CO)ccc1Oc1cccc(F)c1. The van der Waals surface area contributed by atoms with Crippen LogP contribution in [0.25, 0.3) is 0 Å². The van der Waals surface area contributed by atoms with Crippen LogP contribution in [0.15, 0.2) is 42.5 Å². The summed E-state index contributed by atoms with van der Waals surface area (Å²) in [7, 11) is 0. The maximum atomic E-state index is 13.0. The Morgan fingerprint density at radius 2 is 2.05 bits per heavy atom. The zero-order chi connectivity index (χ0) is 13.8. The average Bonchev–Trinajstić information content (AvgIpc) is 2.39. The molecule has 5 nitrogen and oxygen atoms in total. The molecule has 0 amide bonds. The standard InChI is InChI=1S/C13H10FNO4/c14-10-2-1-3-11(7-10)19-13-5-4-9(8-16)6-12(13)15(17)18/h1-7,16H,8H2. The molecule has 98 valence electrons. The summed E-state index contributed by atoms with van der Waals surface area (Å²) >= 11 is 0. The predicted octanol–water partition coefficient (Wildman–Crippen LogP) is 3.02. The lowest BCUT2D eigenvalue weighted by Crippen LogP contribution is -1.95. The molecule has 0 saturated carbocycles. The van der Waals surface area contributed by atoms with E-state index in [9.17, 15) is 14.5 Å². The summed E-state index contributed by atoms with van der Waals surface area (Å²) in [6.45, 7) is -0.304. The molecule has 0 bridgehead atoms. The van der Waals surface area contributed by atoms with E-state index in [1.54, 1.807) is 0 Å². The highest BCUT2D eigenvalue weighted by Crippen LogP contribution is 2.32. The fourth-order valence-electron chi connectivity index (χ4n) is 1.55. The van der Waals surface area contributed by atoms with Gasteiger partial charge in [-0.1, -0.05) is 12.1 Å². The van der Waals surface area contributed by atoms with Gasteiger partial charge in [0.1, 0.15) is 11.6 Å². The van der Waals surface area contributed by atoms with Crippen LogP contribution in [0.1, 0.15) is 5.56 Å². The van der Waals surface area contributed by atoms with Gasteiger partial charge in [0.25, 0.3) is 0 Å². The van der Waals surface area contributed by atoms with Crippen LogP contribution in [0.4, 0.5) is 10.1 Å². The molecule has 1 N–H and O–H groups in total. The van der Waals surface area contributed by atoms with Gasteiger partial charge >= 0.3 is 5.69 Å². The maximum absolute atomic E-state index is 13.0. The Bertz CT molecular complexity index is 615. The minimum Gasteiger partial charge on any atom is -0.450 e. The normalized spacial score (nSPS) is 10.2. The number of ether oxygens (including phenoxy) is 1. The van der Waals surface area contributed by atoms with Crippen LogP contribution in [-0.2, 0) is 6.61 Å². The summed E-state index contributed by atoms with van der Waals surface area (Å²) in [4.78, 5) is 10.3. The third kappa shape index (κ3) is 3.05. The van der Waals surface area contributed by atoms with Gasteiger partial charge in [-0.3, -0.25) is 10.1 Å². The second kappa shape index (κ2) is 5.45. The van der Waals surface area contributed by atoms with Gasteiger partial charge < -0.3 is 9.84 Å². The first-order valence-electron chi connectivity index (χ1n) is 5.42. The number of hydrogen-bond acceptors (Lipinski definition) is 4. The number of aliphatic hydroxyl groups is 1. The summed E-state index contributed by atoms with van der Waals surface area (Å²) in [5, 5.41) is 19.9. The van der Waals surface area contributed by atoms with Crippen molar-refractivity contribution in [2.75, 3.05) is 0 Å². The molecule has 0 unspecified atom stereocenters. The Morgan fingerprint density at radius 1 is 1.26 bits per heavy atom. The Kier molecular flexibility index (Phi) is 3.72. The number of hydrogen-bond donors (Lipinski definition) is 1. The predicted molar refractivity (Wildman–Crippen MR) is 65.5 cm³/mol. The molecule has 0 fully saturated rings.